The van der Waals surface area contributed by atoms with Crippen LogP contribution >= 0.6 is 0 Å². The second-order valence-corrected chi connectivity index (χ2v) is 26.6. The molecule has 4 heteroatoms. The number of fused-ring (bicyclic) bond motifs is 6. The van der Waals surface area contributed by atoms with Crippen molar-refractivity contribution in [3.05, 3.63) is 178 Å². The third-order valence-electron chi connectivity index (χ3n) is 17.4. The molecule has 7 aromatic carbocycles. The fraction of sp³-hybridized carbons (Fsp3) is 0.373. The molecule has 0 bridgehead atoms. The van der Waals surface area contributed by atoms with Crippen LogP contribution in [0.1, 0.15) is 161 Å². The summed E-state index contributed by atoms with van der Waals surface area (Å²) in [5, 5.41) is 0. The van der Waals surface area contributed by atoms with E-state index in [1.165, 1.54) is 101 Å². The van der Waals surface area contributed by atoms with Gasteiger partial charge in [0.05, 0.1) is 5.69 Å². The van der Waals surface area contributed by atoms with E-state index in [-0.39, 0.29) is 39.2 Å². The minimum atomic E-state index is -0.0550. The first-order valence-electron chi connectivity index (χ1n) is 26.6. The summed E-state index contributed by atoms with van der Waals surface area (Å²) in [6.07, 6.45) is 3.46. The van der Waals surface area contributed by atoms with E-state index in [0.717, 1.165) is 29.9 Å². The maximum atomic E-state index is 2.74. The molecule has 3 nitrogen and oxygen atoms in total. The molecule has 0 atom stereocenters. The van der Waals surface area contributed by atoms with E-state index in [0.29, 0.717) is 0 Å². The van der Waals surface area contributed by atoms with Gasteiger partial charge in [0.25, 0.3) is 6.71 Å². The van der Waals surface area contributed by atoms with Gasteiger partial charge in [0.1, 0.15) is 0 Å². The smallest absolute Gasteiger partial charge is 0.252 e. The first-order chi connectivity index (χ1) is 33.3. The van der Waals surface area contributed by atoms with Gasteiger partial charge < -0.3 is 14.7 Å². The molecule has 0 amide bonds. The van der Waals surface area contributed by atoms with Crippen LogP contribution in [0.15, 0.2) is 133 Å². The molecule has 11 rings (SSSR count). The van der Waals surface area contributed by atoms with E-state index < -0.39 is 0 Å². The Hall–Kier alpha value is -6.00. The highest BCUT2D eigenvalue weighted by Gasteiger charge is 2.49. The molecule has 0 spiro atoms. The first kappa shape index (κ1) is 47.3. The zero-order chi connectivity index (χ0) is 50.5. The van der Waals surface area contributed by atoms with Gasteiger partial charge in [0, 0.05) is 45.5 Å². The van der Waals surface area contributed by atoms with Crippen molar-refractivity contribution >= 4 is 74.3 Å². The number of benzene rings is 7. The number of rotatable bonds is 5. The third-order valence-corrected chi connectivity index (χ3v) is 17.4. The zero-order valence-corrected chi connectivity index (χ0v) is 45.7. The number of anilines is 9. The molecule has 0 radical (unpaired) electrons. The summed E-state index contributed by atoms with van der Waals surface area (Å²) < 4.78 is 0. The summed E-state index contributed by atoms with van der Waals surface area (Å²) >= 11 is 0. The summed E-state index contributed by atoms with van der Waals surface area (Å²) in [5.41, 5.74) is 26.4. The maximum Gasteiger partial charge on any atom is 0.252 e. The van der Waals surface area contributed by atoms with E-state index in [1.807, 2.05) is 0 Å². The number of aryl methyl sites for hydroxylation is 2. The average Bonchev–Trinajstić information content (AvgIpc) is 3.48. The Morgan fingerprint density at radius 3 is 1.41 bits per heavy atom. The van der Waals surface area contributed by atoms with Crippen LogP contribution in [0.3, 0.4) is 0 Å². The summed E-state index contributed by atoms with van der Waals surface area (Å²) in [7, 11) is 0. The van der Waals surface area contributed by atoms with Crippen molar-refractivity contribution in [1.29, 1.82) is 0 Å². The lowest BCUT2D eigenvalue weighted by Crippen LogP contribution is -2.61. The van der Waals surface area contributed by atoms with Gasteiger partial charge in [-0.15, -0.1) is 0 Å². The summed E-state index contributed by atoms with van der Waals surface area (Å²) in [6, 6.07) is 52.3. The maximum absolute atomic E-state index is 2.74. The molecular weight excluding hydrogens is 858 g/mol. The predicted molar refractivity (Wildman–Crippen MR) is 308 cm³/mol. The molecule has 2 heterocycles. The normalized spacial score (nSPS) is 17.8. The van der Waals surface area contributed by atoms with Crippen LogP contribution in [0, 0.1) is 13.8 Å². The molecule has 71 heavy (non-hydrogen) atoms. The second-order valence-electron chi connectivity index (χ2n) is 26.6. The van der Waals surface area contributed by atoms with Crippen molar-refractivity contribution in [2.45, 2.75) is 163 Å². The minimum Gasteiger partial charge on any atom is -0.311 e. The highest BCUT2D eigenvalue weighted by atomic mass is 15.2. The Labute approximate surface area is 427 Å². The van der Waals surface area contributed by atoms with E-state index in [9.17, 15) is 0 Å². The van der Waals surface area contributed by atoms with E-state index in [2.05, 4.69) is 259 Å². The van der Waals surface area contributed by atoms with Gasteiger partial charge in [-0.2, -0.15) is 0 Å². The Balaban J connectivity index is 1.32. The number of nitrogens with zero attached hydrogens (tertiary/aromatic N) is 3. The van der Waals surface area contributed by atoms with Crippen LogP contribution < -0.4 is 31.1 Å². The summed E-state index contributed by atoms with van der Waals surface area (Å²) in [4.78, 5) is 7.88. The molecule has 4 aliphatic rings. The summed E-state index contributed by atoms with van der Waals surface area (Å²) in [5.74, 6) is 0. The molecule has 0 unspecified atom stereocenters. The highest BCUT2D eigenvalue weighted by Crippen LogP contribution is 2.56. The lowest BCUT2D eigenvalue weighted by atomic mass is 9.33. The number of para-hydroxylation sites is 2. The van der Waals surface area contributed by atoms with Gasteiger partial charge in [-0.05, 0) is 187 Å². The zero-order valence-electron chi connectivity index (χ0n) is 45.7. The van der Waals surface area contributed by atoms with Gasteiger partial charge in [0.15, 0.2) is 0 Å². The van der Waals surface area contributed by atoms with Gasteiger partial charge in [-0.1, -0.05) is 170 Å². The van der Waals surface area contributed by atoms with Crippen LogP contribution in [0.25, 0.3) is 0 Å². The fourth-order valence-electron chi connectivity index (χ4n) is 13.5. The topological polar surface area (TPSA) is 9.72 Å². The monoisotopic (exact) mass is 934 g/mol. The van der Waals surface area contributed by atoms with Crippen LogP contribution in [0.4, 0.5) is 51.2 Å². The third kappa shape index (κ3) is 7.51. The van der Waals surface area contributed by atoms with Crippen molar-refractivity contribution in [1.82, 2.24) is 0 Å². The van der Waals surface area contributed by atoms with Gasteiger partial charge in [-0.25, -0.2) is 0 Å². The molecular formula is C67H76BN3. The van der Waals surface area contributed by atoms with Crippen molar-refractivity contribution in [3.63, 3.8) is 0 Å². The molecule has 0 saturated heterocycles. The molecule has 0 aromatic heterocycles. The Bertz CT molecular complexity index is 3250. The Kier molecular flexibility index (Phi) is 10.5. The van der Waals surface area contributed by atoms with Crippen LogP contribution in [-0.2, 0) is 32.5 Å². The number of hydrogen-bond donors (Lipinski definition) is 0. The van der Waals surface area contributed by atoms with Crippen LogP contribution in [0.5, 0.6) is 0 Å². The Morgan fingerprint density at radius 2 is 0.859 bits per heavy atom. The van der Waals surface area contributed by atoms with E-state index in [4.69, 9.17) is 0 Å². The average molecular weight is 934 g/mol. The molecule has 0 saturated carbocycles. The van der Waals surface area contributed by atoms with Crippen LogP contribution in [-0.4, -0.2) is 6.71 Å². The summed E-state index contributed by atoms with van der Waals surface area (Å²) in [6.45, 7) is 38.6. The van der Waals surface area contributed by atoms with Crippen molar-refractivity contribution in [2.75, 3.05) is 14.7 Å². The first-order valence-corrected chi connectivity index (χ1v) is 26.6. The quantitative estimate of drug-likeness (QED) is 0.159. The largest absolute Gasteiger partial charge is 0.311 e. The molecule has 0 fully saturated rings. The van der Waals surface area contributed by atoms with Crippen molar-refractivity contribution in [3.8, 4) is 0 Å². The van der Waals surface area contributed by atoms with Gasteiger partial charge >= 0.3 is 0 Å². The highest BCUT2D eigenvalue weighted by molar-refractivity contribution is 7.00. The van der Waals surface area contributed by atoms with Crippen molar-refractivity contribution in [2.24, 2.45) is 0 Å². The molecule has 362 valence electrons. The molecule has 2 aliphatic heterocycles. The van der Waals surface area contributed by atoms with Gasteiger partial charge in [-0.3, -0.25) is 0 Å². The Morgan fingerprint density at radius 1 is 0.408 bits per heavy atom. The standard InChI is InChI=1S/C67H76BN3/c1-42-33-44(62(3,4)5)28-30-55(42)70-57-35-45(63(6,7)8)27-29-53(57)68-54-38-50-52(67(15,16)41-66(50,13)14)40-58(54)71(56-39-51-49(34-43(56)2)64(9,10)31-32-65(51,11)12)60-37-48(36-59(70)61(60)68)69(46-23-19-17-20-24-46)47-25-21-18-22-26-47/h17-30,33-40H,31-32,41H2,1-16H3. The second kappa shape index (κ2) is 15.8. The van der Waals surface area contributed by atoms with Gasteiger partial charge in [0.2, 0.25) is 0 Å². The molecule has 2 aliphatic carbocycles. The lowest BCUT2D eigenvalue weighted by Gasteiger charge is -2.47. The molecule has 0 N–H and O–H groups in total. The lowest BCUT2D eigenvalue weighted by molar-refractivity contribution is 0.332. The van der Waals surface area contributed by atoms with Crippen LogP contribution in [0.2, 0.25) is 0 Å². The fourth-order valence-corrected chi connectivity index (χ4v) is 13.5. The van der Waals surface area contributed by atoms with Crippen molar-refractivity contribution < 1.29 is 0 Å². The SMILES string of the molecule is Cc1cc(C(C)(C)C)ccc1N1c2cc(C(C)(C)C)ccc2B2c3cc4c(cc3N(c3cc5c(cc3C)C(C)(C)CCC5(C)C)c3cc(N(c5ccccc5)c5ccccc5)cc1c32)C(C)(C)CC4(C)C. The minimum absolute atomic E-state index is 0.00487. The van der Waals surface area contributed by atoms with E-state index >= 15 is 0 Å². The number of hydrogen-bond acceptors (Lipinski definition) is 3. The van der Waals surface area contributed by atoms with E-state index in [1.54, 1.807) is 0 Å². The predicted octanol–water partition coefficient (Wildman–Crippen LogP) is 16.8. The molecule has 7 aromatic rings.